The van der Waals surface area contributed by atoms with E-state index < -0.39 is 0 Å². The molecule has 0 aliphatic heterocycles. The zero-order chi connectivity index (χ0) is 11.9. The van der Waals surface area contributed by atoms with Gasteiger partial charge in [0.15, 0.2) is 0 Å². The van der Waals surface area contributed by atoms with Crippen LogP contribution in [0.1, 0.15) is 32.8 Å². The molecule has 0 aliphatic rings. The topological polar surface area (TPSA) is 12.0 Å². The fourth-order valence-electron chi connectivity index (χ4n) is 1.48. The Morgan fingerprint density at radius 1 is 1.06 bits per heavy atom. The third kappa shape index (κ3) is 6.41. The summed E-state index contributed by atoms with van der Waals surface area (Å²) in [7, 11) is 0. The highest BCUT2D eigenvalue weighted by Gasteiger charge is 2.05. The molecule has 0 spiro atoms. The zero-order valence-corrected chi connectivity index (χ0v) is 10.7. The quantitative estimate of drug-likeness (QED) is 0.587. The van der Waals surface area contributed by atoms with E-state index in [2.05, 4.69) is 68.6 Å². The lowest BCUT2D eigenvalue weighted by Gasteiger charge is -2.19. The van der Waals surface area contributed by atoms with E-state index in [1.807, 2.05) is 0 Å². The van der Waals surface area contributed by atoms with Gasteiger partial charge in [-0.15, -0.1) is 0 Å². The number of benzene rings is 1. The monoisotopic (exact) mass is 217 g/mol. The minimum absolute atomic E-state index is 0.229. The van der Waals surface area contributed by atoms with E-state index in [1.165, 1.54) is 5.56 Å². The van der Waals surface area contributed by atoms with Crippen LogP contribution < -0.4 is 5.32 Å². The van der Waals surface area contributed by atoms with Crippen LogP contribution in [0.3, 0.4) is 0 Å². The second kappa shape index (κ2) is 6.49. The summed E-state index contributed by atoms with van der Waals surface area (Å²) < 4.78 is 0. The first-order valence-electron chi connectivity index (χ1n) is 6.02. The Hall–Kier alpha value is -1.08. The maximum atomic E-state index is 3.47. The van der Waals surface area contributed by atoms with Crippen molar-refractivity contribution in [3.63, 3.8) is 0 Å². The molecule has 0 heterocycles. The molecule has 0 aromatic heterocycles. The fourth-order valence-corrected chi connectivity index (χ4v) is 1.48. The molecule has 16 heavy (non-hydrogen) atoms. The van der Waals surface area contributed by atoms with Crippen LogP contribution in [0.5, 0.6) is 0 Å². The third-order valence-corrected chi connectivity index (χ3v) is 2.33. The summed E-state index contributed by atoms with van der Waals surface area (Å²) in [6, 6.07) is 10.6. The lowest BCUT2D eigenvalue weighted by atomic mass is 10.1. The molecule has 1 aromatic carbocycles. The molecule has 88 valence electrons. The molecule has 0 unspecified atom stereocenters. The SMILES string of the molecule is CC(C)(C)NCCC=CCc1ccccc1. The highest BCUT2D eigenvalue weighted by Crippen LogP contribution is 2.01. The molecule has 0 atom stereocenters. The molecule has 0 fully saturated rings. The van der Waals surface area contributed by atoms with Gasteiger partial charge in [-0.3, -0.25) is 0 Å². The summed E-state index contributed by atoms with van der Waals surface area (Å²) in [5.74, 6) is 0. The summed E-state index contributed by atoms with van der Waals surface area (Å²) in [4.78, 5) is 0. The number of nitrogens with one attached hydrogen (secondary N) is 1. The van der Waals surface area contributed by atoms with E-state index in [0.717, 1.165) is 19.4 Å². The molecule has 0 saturated carbocycles. The number of hydrogen-bond donors (Lipinski definition) is 1. The maximum absolute atomic E-state index is 3.47. The Balaban J connectivity index is 2.14. The first kappa shape index (κ1) is 13.0. The highest BCUT2D eigenvalue weighted by atomic mass is 14.9. The van der Waals surface area contributed by atoms with Crippen molar-refractivity contribution in [2.75, 3.05) is 6.54 Å². The summed E-state index contributed by atoms with van der Waals surface area (Å²) >= 11 is 0. The predicted octanol–water partition coefficient (Wildman–Crippen LogP) is 3.56. The van der Waals surface area contributed by atoms with Gasteiger partial charge in [-0.1, -0.05) is 42.5 Å². The molecular formula is C15H23N. The molecule has 0 radical (unpaired) electrons. The number of allylic oxidation sites excluding steroid dienone is 1. The van der Waals surface area contributed by atoms with Gasteiger partial charge in [0, 0.05) is 5.54 Å². The third-order valence-electron chi connectivity index (χ3n) is 2.33. The van der Waals surface area contributed by atoms with Crippen molar-refractivity contribution < 1.29 is 0 Å². The summed E-state index contributed by atoms with van der Waals surface area (Å²) in [5.41, 5.74) is 1.61. The van der Waals surface area contributed by atoms with Crippen LogP contribution in [0, 0.1) is 0 Å². The van der Waals surface area contributed by atoms with E-state index in [0.29, 0.717) is 0 Å². The molecule has 1 aromatic rings. The first-order valence-corrected chi connectivity index (χ1v) is 6.02. The van der Waals surface area contributed by atoms with Gasteiger partial charge in [0.2, 0.25) is 0 Å². The minimum Gasteiger partial charge on any atom is -0.312 e. The van der Waals surface area contributed by atoms with Gasteiger partial charge in [0.1, 0.15) is 0 Å². The standard InChI is InChI=1S/C15H23N/c1-15(2,3)16-13-9-5-8-12-14-10-6-4-7-11-14/h4-8,10-11,16H,9,12-13H2,1-3H3. The van der Waals surface area contributed by atoms with Gasteiger partial charge in [0.25, 0.3) is 0 Å². The van der Waals surface area contributed by atoms with Crippen molar-refractivity contribution >= 4 is 0 Å². The first-order chi connectivity index (χ1) is 7.58. The maximum Gasteiger partial charge on any atom is 0.00966 e. The van der Waals surface area contributed by atoms with Crippen molar-refractivity contribution in [1.82, 2.24) is 5.32 Å². The highest BCUT2D eigenvalue weighted by molar-refractivity contribution is 5.17. The van der Waals surface area contributed by atoms with E-state index in [4.69, 9.17) is 0 Å². The average Bonchev–Trinajstić information content (AvgIpc) is 2.23. The van der Waals surface area contributed by atoms with Crippen LogP contribution in [0.25, 0.3) is 0 Å². The second-order valence-corrected chi connectivity index (χ2v) is 5.13. The lowest BCUT2D eigenvalue weighted by Crippen LogP contribution is -2.36. The van der Waals surface area contributed by atoms with Crippen molar-refractivity contribution in [1.29, 1.82) is 0 Å². The molecule has 0 bridgehead atoms. The van der Waals surface area contributed by atoms with Crippen LogP contribution in [0.2, 0.25) is 0 Å². The molecule has 1 rings (SSSR count). The molecular weight excluding hydrogens is 194 g/mol. The number of rotatable bonds is 5. The van der Waals surface area contributed by atoms with Gasteiger partial charge >= 0.3 is 0 Å². The van der Waals surface area contributed by atoms with Crippen molar-refractivity contribution in [2.45, 2.75) is 39.2 Å². The average molecular weight is 217 g/mol. The van der Waals surface area contributed by atoms with Gasteiger partial charge < -0.3 is 5.32 Å². The normalized spacial score (nSPS) is 12.2. The Bertz CT molecular complexity index is 306. The smallest absolute Gasteiger partial charge is 0.00966 e. The molecule has 0 aliphatic carbocycles. The van der Waals surface area contributed by atoms with Gasteiger partial charge in [-0.2, -0.15) is 0 Å². The van der Waals surface area contributed by atoms with Crippen LogP contribution in [-0.4, -0.2) is 12.1 Å². The van der Waals surface area contributed by atoms with Crippen molar-refractivity contribution in [2.24, 2.45) is 0 Å². The Morgan fingerprint density at radius 2 is 1.75 bits per heavy atom. The van der Waals surface area contributed by atoms with Crippen molar-refractivity contribution in [3.05, 3.63) is 48.0 Å². The zero-order valence-electron chi connectivity index (χ0n) is 10.7. The van der Waals surface area contributed by atoms with Gasteiger partial charge in [0.05, 0.1) is 0 Å². The molecule has 0 amide bonds. The Kier molecular flexibility index (Phi) is 5.27. The second-order valence-electron chi connectivity index (χ2n) is 5.13. The van der Waals surface area contributed by atoms with E-state index in [9.17, 15) is 0 Å². The van der Waals surface area contributed by atoms with Crippen LogP contribution in [0.15, 0.2) is 42.5 Å². The lowest BCUT2D eigenvalue weighted by molar-refractivity contribution is 0.431. The summed E-state index contributed by atoms with van der Waals surface area (Å²) in [6.45, 7) is 7.64. The molecule has 1 heteroatoms. The molecule has 1 nitrogen and oxygen atoms in total. The summed E-state index contributed by atoms with van der Waals surface area (Å²) in [5, 5.41) is 3.47. The summed E-state index contributed by atoms with van der Waals surface area (Å²) in [6.07, 6.45) is 6.64. The Morgan fingerprint density at radius 3 is 2.38 bits per heavy atom. The van der Waals surface area contributed by atoms with Crippen LogP contribution in [-0.2, 0) is 6.42 Å². The van der Waals surface area contributed by atoms with E-state index >= 15 is 0 Å². The Labute approximate surface area is 99.6 Å². The predicted molar refractivity (Wildman–Crippen MR) is 71.7 cm³/mol. The van der Waals surface area contributed by atoms with E-state index in [-0.39, 0.29) is 5.54 Å². The molecule has 0 saturated heterocycles. The van der Waals surface area contributed by atoms with Crippen LogP contribution >= 0.6 is 0 Å². The van der Waals surface area contributed by atoms with Gasteiger partial charge in [-0.05, 0) is 45.7 Å². The fraction of sp³-hybridized carbons (Fsp3) is 0.467. The van der Waals surface area contributed by atoms with Gasteiger partial charge in [-0.25, -0.2) is 0 Å². The van der Waals surface area contributed by atoms with Crippen LogP contribution in [0.4, 0.5) is 0 Å². The number of hydrogen-bond acceptors (Lipinski definition) is 1. The van der Waals surface area contributed by atoms with E-state index in [1.54, 1.807) is 0 Å². The molecule has 1 N–H and O–H groups in total. The van der Waals surface area contributed by atoms with Crippen molar-refractivity contribution in [3.8, 4) is 0 Å². The minimum atomic E-state index is 0.229. The largest absolute Gasteiger partial charge is 0.312 e.